The molecule has 150 valence electrons. The average Bonchev–Trinajstić information content (AvgIpc) is 3.04. The van der Waals surface area contributed by atoms with Gasteiger partial charge in [-0.1, -0.05) is 11.2 Å². The molecule has 0 fully saturated rings. The molecule has 0 spiro atoms. The van der Waals surface area contributed by atoms with Crippen molar-refractivity contribution in [3.8, 4) is 0 Å². The van der Waals surface area contributed by atoms with E-state index in [9.17, 15) is 24.9 Å². The molecular formula is C18H21N3O7. The number of ether oxygens (including phenoxy) is 1. The van der Waals surface area contributed by atoms with Crippen molar-refractivity contribution < 1.29 is 24.6 Å². The van der Waals surface area contributed by atoms with E-state index < -0.39 is 36.5 Å². The second kappa shape index (κ2) is 8.07. The Morgan fingerprint density at radius 3 is 2.68 bits per heavy atom. The third-order valence-corrected chi connectivity index (χ3v) is 4.36. The summed E-state index contributed by atoms with van der Waals surface area (Å²) in [5, 5.41) is 33.5. The summed E-state index contributed by atoms with van der Waals surface area (Å²) in [7, 11) is 0. The van der Waals surface area contributed by atoms with Crippen molar-refractivity contribution in [1.29, 1.82) is 0 Å². The predicted molar refractivity (Wildman–Crippen MR) is 97.7 cm³/mol. The second-order valence-electron chi connectivity index (χ2n) is 6.48. The molecule has 3 atom stereocenters. The largest absolute Gasteiger partial charge is 0.394 e. The molecule has 0 saturated heterocycles. The second-order valence-corrected chi connectivity index (χ2v) is 6.48. The van der Waals surface area contributed by atoms with Crippen LogP contribution in [0.3, 0.4) is 0 Å². The number of hydrogen-bond acceptors (Lipinski definition) is 8. The molecule has 1 aromatic carbocycles. The van der Waals surface area contributed by atoms with E-state index in [0.717, 1.165) is 27.0 Å². The van der Waals surface area contributed by atoms with Gasteiger partial charge in [0.2, 0.25) is 6.41 Å². The van der Waals surface area contributed by atoms with Gasteiger partial charge >= 0.3 is 5.69 Å². The Bertz CT molecular complexity index is 1080. The lowest BCUT2D eigenvalue weighted by atomic mass is 10.1. The molecule has 0 aliphatic heterocycles. The summed E-state index contributed by atoms with van der Waals surface area (Å²) in [6, 6.07) is 6.53. The van der Waals surface area contributed by atoms with Crippen LogP contribution in [0.1, 0.15) is 24.6 Å². The molecular weight excluding hydrogens is 370 g/mol. The number of nitrogens with zero attached hydrogens (tertiary/aromatic N) is 3. The molecule has 3 rings (SSSR count). The van der Waals surface area contributed by atoms with Crippen molar-refractivity contribution in [3.63, 3.8) is 0 Å². The quantitative estimate of drug-likeness (QED) is 0.467. The highest BCUT2D eigenvalue weighted by Crippen LogP contribution is 2.20. The van der Waals surface area contributed by atoms with Gasteiger partial charge in [-0.25, -0.2) is 4.79 Å². The van der Waals surface area contributed by atoms with Crippen LogP contribution in [-0.2, 0) is 11.3 Å². The van der Waals surface area contributed by atoms with Gasteiger partial charge in [0.1, 0.15) is 11.8 Å². The Morgan fingerprint density at radius 1 is 1.25 bits per heavy atom. The average molecular weight is 391 g/mol. The summed E-state index contributed by atoms with van der Waals surface area (Å²) >= 11 is 0. The summed E-state index contributed by atoms with van der Waals surface area (Å²) in [4.78, 5) is 24.9. The lowest BCUT2D eigenvalue weighted by Crippen LogP contribution is -2.43. The van der Waals surface area contributed by atoms with Crippen LogP contribution >= 0.6 is 0 Å². The lowest BCUT2D eigenvalue weighted by molar-refractivity contribution is -0.214. The standard InChI is InChI=1S/C18H21N3O7/c1-10-3-4-12-13(19-28-14(12)7-10)8-21-16(24)5-6-20(17(21)25)18(26)27-15(9-22)11(2)23/h3-7,11,15,18,22-23,26H,8-9H2,1-2H3/t11-,15-,18+/m1/s1. The van der Waals surface area contributed by atoms with Crippen molar-refractivity contribution in [2.75, 3.05) is 6.61 Å². The van der Waals surface area contributed by atoms with Crippen molar-refractivity contribution in [2.24, 2.45) is 0 Å². The first-order chi connectivity index (χ1) is 13.3. The zero-order chi connectivity index (χ0) is 20.4. The maximum Gasteiger partial charge on any atom is 0.335 e. The maximum atomic E-state index is 12.7. The van der Waals surface area contributed by atoms with Crippen LogP contribution in [0.5, 0.6) is 0 Å². The van der Waals surface area contributed by atoms with Crippen LogP contribution in [0.4, 0.5) is 0 Å². The Balaban J connectivity index is 1.95. The molecule has 0 radical (unpaired) electrons. The number of aryl methyl sites for hydroxylation is 1. The van der Waals surface area contributed by atoms with Crippen LogP contribution in [0, 0.1) is 6.92 Å². The molecule has 2 aromatic heterocycles. The van der Waals surface area contributed by atoms with Gasteiger partial charge in [-0.15, -0.1) is 0 Å². The van der Waals surface area contributed by atoms with Gasteiger partial charge in [0.15, 0.2) is 5.58 Å². The highest BCUT2D eigenvalue weighted by atomic mass is 16.6. The number of aliphatic hydroxyl groups excluding tert-OH is 3. The summed E-state index contributed by atoms with van der Waals surface area (Å²) in [6.45, 7) is 2.54. The van der Waals surface area contributed by atoms with E-state index in [4.69, 9.17) is 9.26 Å². The molecule has 0 saturated carbocycles. The highest BCUT2D eigenvalue weighted by Gasteiger charge is 2.22. The Kier molecular flexibility index (Phi) is 5.75. The van der Waals surface area contributed by atoms with Crippen LogP contribution in [0.25, 0.3) is 11.0 Å². The highest BCUT2D eigenvalue weighted by molar-refractivity contribution is 5.79. The summed E-state index contributed by atoms with van der Waals surface area (Å²) in [5.74, 6) is 0. The minimum atomic E-state index is -1.80. The summed E-state index contributed by atoms with van der Waals surface area (Å²) < 4.78 is 12.0. The summed E-state index contributed by atoms with van der Waals surface area (Å²) in [6.07, 6.45) is -2.91. The van der Waals surface area contributed by atoms with Gasteiger partial charge in [0.25, 0.3) is 5.56 Å². The van der Waals surface area contributed by atoms with E-state index in [2.05, 4.69) is 5.16 Å². The minimum Gasteiger partial charge on any atom is -0.394 e. The van der Waals surface area contributed by atoms with Gasteiger partial charge in [0, 0.05) is 17.6 Å². The molecule has 0 unspecified atom stereocenters. The first kappa shape index (κ1) is 20.0. The first-order valence-electron chi connectivity index (χ1n) is 8.61. The molecule has 0 amide bonds. The van der Waals surface area contributed by atoms with Gasteiger partial charge < -0.3 is 24.6 Å². The molecule has 28 heavy (non-hydrogen) atoms. The monoisotopic (exact) mass is 391 g/mol. The number of aliphatic hydroxyl groups is 3. The molecule has 0 aliphatic rings. The third kappa shape index (κ3) is 3.90. The predicted octanol–water partition coefficient (Wildman–Crippen LogP) is -0.285. The number of aromatic nitrogens is 3. The molecule has 10 nitrogen and oxygen atoms in total. The van der Waals surface area contributed by atoms with Crippen molar-refractivity contribution in [3.05, 3.63) is 62.6 Å². The molecule has 0 bridgehead atoms. The Hall–Kier alpha value is -2.79. The van der Waals surface area contributed by atoms with E-state index in [1.54, 1.807) is 12.1 Å². The van der Waals surface area contributed by atoms with Crippen LogP contribution < -0.4 is 11.2 Å². The van der Waals surface area contributed by atoms with Crippen molar-refractivity contribution >= 4 is 11.0 Å². The molecule has 0 aliphatic carbocycles. The van der Waals surface area contributed by atoms with Gasteiger partial charge in [0.05, 0.1) is 19.3 Å². The fourth-order valence-corrected chi connectivity index (χ4v) is 2.74. The Labute approximate surface area is 158 Å². The number of hydrogen-bond donors (Lipinski definition) is 3. The zero-order valence-corrected chi connectivity index (χ0v) is 15.3. The topological polar surface area (TPSA) is 140 Å². The van der Waals surface area contributed by atoms with Crippen molar-refractivity contribution in [2.45, 2.75) is 39.0 Å². The lowest BCUT2D eigenvalue weighted by Gasteiger charge is -2.23. The molecule has 3 N–H and O–H groups in total. The smallest absolute Gasteiger partial charge is 0.335 e. The van der Waals surface area contributed by atoms with E-state index in [1.165, 1.54) is 6.92 Å². The van der Waals surface area contributed by atoms with E-state index in [0.29, 0.717) is 16.7 Å². The minimum absolute atomic E-state index is 0.166. The van der Waals surface area contributed by atoms with Gasteiger partial charge in [-0.05, 0) is 31.5 Å². The van der Waals surface area contributed by atoms with Gasteiger partial charge in [-0.3, -0.25) is 13.9 Å². The summed E-state index contributed by atoms with van der Waals surface area (Å²) in [5.41, 5.74) is 0.465. The molecule has 2 heterocycles. The fraction of sp³-hybridized carbons (Fsp3) is 0.389. The normalized spacial score (nSPS) is 14.9. The third-order valence-electron chi connectivity index (χ3n) is 4.36. The molecule has 10 heteroatoms. The van der Waals surface area contributed by atoms with E-state index >= 15 is 0 Å². The number of fused-ring (bicyclic) bond motifs is 1. The van der Waals surface area contributed by atoms with Crippen LogP contribution in [0.15, 0.2) is 44.6 Å². The SMILES string of the molecule is Cc1ccc2c(Cn3c(=O)ccn([C@@H](O)O[C@H](CO)[C@@H](C)O)c3=O)noc2c1. The van der Waals surface area contributed by atoms with Gasteiger partial charge in [-0.2, -0.15) is 0 Å². The van der Waals surface area contributed by atoms with Crippen LogP contribution in [-0.4, -0.2) is 48.4 Å². The van der Waals surface area contributed by atoms with Crippen LogP contribution in [0.2, 0.25) is 0 Å². The zero-order valence-electron chi connectivity index (χ0n) is 15.3. The number of rotatable bonds is 7. The van der Waals surface area contributed by atoms with Crippen molar-refractivity contribution in [1.82, 2.24) is 14.3 Å². The fourth-order valence-electron chi connectivity index (χ4n) is 2.74. The van der Waals surface area contributed by atoms with E-state index in [-0.39, 0.29) is 6.54 Å². The first-order valence-corrected chi connectivity index (χ1v) is 8.61. The molecule has 3 aromatic rings. The maximum absolute atomic E-state index is 12.7. The Morgan fingerprint density at radius 2 is 2.00 bits per heavy atom. The van der Waals surface area contributed by atoms with E-state index in [1.807, 2.05) is 13.0 Å². The number of benzene rings is 1.